The van der Waals surface area contributed by atoms with E-state index in [1.54, 1.807) is 0 Å². The zero-order valence-electron chi connectivity index (χ0n) is 12.2. The molecule has 1 saturated heterocycles. The molecule has 0 aliphatic carbocycles. The second-order valence-corrected chi connectivity index (χ2v) is 7.24. The molecule has 110 valence electrons. The van der Waals surface area contributed by atoms with Crippen LogP contribution in [0.25, 0.3) is 0 Å². The Morgan fingerprint density at radius 3 is 2.70 bits per heavy atom. The van der Waals surface area contributed by atoms with Gasteiger partial charge in [-0.15, -0.1) is 0 Å². The molecular formula is C16H23BrN2S. The van der Waals surface area contributed by atoms with Crippen LogP contribution in [0.1, 0.15) is 38.7 Å². The van der Waals surface area contributed by atoms with Gasteiger partial charge in [0.2, 0.25) is 0 Å². The second-order valence-electron chi connectivity index (χ2n) is 5.95. The summed E-state index contributed by atoms with van der Waals surface area (Å²) < 4.78 is 0.993. The third-order valence-corrected chi connectivity index (χ3v) is 5.17. The van der Waals surface area contributed by atoms with Crippen molar-refractivity contribution < 1.29 is 0 Å². The fourth-order valence-corrected chi connectivity index (χ4v) is 3.84. The lowest BCUT2D eigenvalue weighted by Gasteiger charge is -2.24. The molecule has 1 atom stereocenters. The summed E-state index contributed by atoms with van der Waals surface area (Å²) in [5.41, 5.74) is 7.89. The van der Waals surface area contributed by atoms with Crippen molar-refractivity contribution in [2.75, 3.05) is 18.0 Å². The van der Waals surface area contributed by atoms with Gasteiger partial charge in [-0.2, -0.15) is 0 Å². The van der Waals surface area contributed by atoms with Gasteiger partial charge in [-0.05, 0) is 65.2 Å². The van der Waals surface area contributed by atoms with E-state index in [-0.39, 0.29) is 0 Å². The van der Waals surface area contributed by atoms with E-state index in [4.69, 9.17) is 18.0 Å². The maximum absolute atomic E-state index is 5.71. The van der Waals surface area contributed by atoms with Crippen molar-refractivity contribution in [3.8, 4) is 0 Å². The summed E-state index contributed by atoms with van der Waals surface area (Å²) in [7, 11) is 0. The minimum absolute atomic E-state index is 0.444. The Morgan fingerprint density at radius 2 is 2.10 bits per heavy atom. The quantitative estimate of drug-likeness (QED) is 0.818. The van der Waals surface area contributed by atoms with Crippen molar-refractivity contribution in [3.05, 3.63) is 28.2 Å². The van der Waals surface area contributed by atoms with Crippen LogP contribution >= 0.6 is 28.1 Å². The van der Waals surface area contributed by atoms with Crippen LogP contribution in [0.4, 0.5) is 5.69 Å². The Bertz CT molecular complexity index is 487. The molecule has 0 spiro atoms. The lowest BCUT2D eigenvalue weighted by Crippen LogP contribution is -2.24. The predicted octanol–water partition coefficient (Wildman–Crippen LogP) is 4.35. The molecule has 0 bridgehead atoms. The van der Waals surface area contributed by atoms with E-state index in [1.807, 2.05) is 6.07 Å². The average molecular weight is 355 g/mol. The van der Waals surface area contributed by atoms with Crippen molar-refractivity contribution in [1.29, 1.82) is 0 Å². The van der Waals surface area contributed by atoms with Gasteiger partial charge in [0.15, 0.2) is 0 Å². The molecular weight excluding hydrogens is 332 g/mol. The van der Waals surface area contributed by atoms with Gasteiger partial charge in [0, 0.05) is 28.8 Å². The van der Waals surface area contributed by atoms with E-state index < -0.39 is 0 Å². The maximum Gasteiger partial charge on any atom is 0.105 e. The number of anilines is 1. The topological polar surface area (TPSA) is 29.3 Å². The van der Waals surface area contributed by atoms with Crippen LogP contribution in [-0.4, -0.2) is 18.1 Å². The molecule has 0 saturated carbocycles. The Balaban J connectivity index is 2.12. The summed E-state index contributed by atoms with van der Waals surface area (Å²) >= 11 is 8.62. The Morgan fingerprint density at radius 1 is 1.35 bits per heavy atom. The minimum atomic E-state index is 0.444. The third kappa shape index (κ3) is 3.73. The highest BCUT2D eigenvalue weighted by atomic mass is 79.9. The zero-order chi connectivity index (χ0) is 14.7. The number of hydrogen-bond acceptors (Lipinski definition) is 2. The van der Waals surface area contributed by atoms with Crippen molar-refractivity contribution in [2.45, 2.75) is 33.1 Å². The van der Waals surface area contributed by atoms with Gasteiger partial charge < -0.3 is 10.6 Å². The SMILES string of the molecule is CC(C)C1CCCN(c2ccc(C(N)=S)c(Br)c2)CC1. The summed E-state index contributed by atoms with van der Waals surface area (Å²) in [6.07, 6.45) is 3.91. The van der Waals surface area contributed by atoms with E-state index in [0.717, 1.165) is 35.0 Å². The largest absolute Gasteiger partial charge is 0.389 e. The lowest BCUT2D eigenvalue weighted by molar-refractivity contribution is 0.351. The predicted molar refractivity (Wildman–Crippen MR) is 94.4 cm³/mol. The van der Waals surface area contributed by atoms with Gasteiger partial charge in [0.05, 0.1) is 0 Å². The second kappa shape index (κ2) is 6.90. The van der Waals surface area contributed by atoms with Gasteiger partial charge in [-0.1, -0.05) is 26.1 Å². The smallest absolute Gasteiger partial charge is 0.105 e. The molecule has 0 aromatic heterocycles. The standard InChI is InChI=1S/C16H23BrN2S/c1-11(2)12-4-3-8-19(9-7-12)13-5-6-14(16(18)20)15(17)10-13/h5-6,10-12H,3-4,7-9H2,1-2H3,(H2,18,20). The average Bonchev–Trinajstić information content (AvgIpc) is 2.63. The summed E-state index contributed by atoms with van der Waals surface area (Å²) in [6, 6.07) is 6.30. The first-order valence-electron chi connectivity index (χ1n) is 7.33. The van der Waals surface area contributed by atoms with Gasteiger partial charge in [-0.25, -0.2) is 0 Å². The van der Waals surface area contributed by atoms with E-state index in [1.165, 1.54) is 24.9 Å². The number of thiocarbonyl (C=S) groups is 1. The Hall–Kier alpha value is -0.610. The van der Waals surface area contributed by atoms with E-state index in [9.17, 15) is 0 Å². The highest BCUT2D eigenvalue weighted by Crippen LogP contribution is 2.29. The third-order valence-electron chi connectivity index (χ3n) is 4.30. The number of halogens is 1. The molecule has 4 heteroatoms. The number of benzene rings is 1. The molecule has 1 aromatic rings. The number of rotatable bonds is 3. The molecule has 2 nitrogen and oxygen atoms in total. The summed E-state index contributed by atoms with van der Waals surface area (Å²) in [4.78, 5) is 2.93. The first-order chi connectivity index (χ1) is 9.49. The first-order valence-corrected chi connectivity index (χ1v) is 8.53. The number of hydrogen-bond donors (Lipinski definition) is 1. The summed E-state index contributed by atoms with van der Waals surface area (Å²) in [6.45, 7) is 6.96. The molecule has 2 N–H and O–H groups in total. The molecule has 1 unspecified atom stereocenters. The van der Waals surface area contributed by atoms with Crippen molar-refractivity contribution in [1.82, 2.24) is 0 Å². The monoisotopic (exact) mass is 354 g/mol. The molecule has 2 rings (SSSR count). The van der Waals surface area contributed by atoms with Crippen molar-refractivity contribution in [2.24, 2.45) is 17.6 Å². The molecule has 0 amide bonds. The fourth-order valence-electron chi connectivity index (χ4n) is 2.95. The van der Waals surface area contributed by atoms with Crippen LogP contribution in [0.5, 0.6) is 0 Å². The van der Waals surface area contributed by atoms with Gasteiger partial charge in [0.1, 0.15) is 4.99 Å². The van der Waals surface area contributed by atoms with Crippen LogP contribution in [0.15, 0.2) is 22.7 Å². The number of nitrogens with zero attached hydrogens (tertiary/aromatic N) is 1. The molecule has 20 heavy (non-hydrogen) atoms. The Labute approximate surface area is 135 Å². The van der Waals surface area contributed by atoms with Crippen LogP contribution in [-0.2, 0) is 0 Å². The molecule has 1 aromatic carbocycles. The minimum Gasteiger partial charge on any atom is -0.389 e. The van der Waals surface area contributed by atoms with Crippen LogP contribution in [0, 0.1) is 11.8 Å². The highest BCUT2D eigenvalue weighted by molar-refractivity contribution is 9.10. The lowest BCUT2D eigenvalue weighted by atomic mass is 9.89. The van der Waals surface area contributed by atoms with E-state index >= 15 is 0 Å². The van der Waals surface area contributed by atoms with Crippen LogP contribution in [0.2, 0.25) is 0 Å². The normalized spacial score (nSPS) is 20.0. The first kappa shape index (κ1) is 15.8. The van der Waals surface area contributed by atoms with Crippen LogP contribution in [0.3, 0.4) is 0 Å². The summed E-state index contributed by atoms with van der Waals surface area (Å²) in [5.74, 6) is 1.65. The van der Waals surface area contributed by atoms with Gasteiger partial charge in [0.25, 0.3) is 0 Å². The molecule has 1 fully saturated rings. The van der Waals surface area contributed by atoms with Gasteiger partial charge >= 0.3 is 0 Å². The fraction of sp³-hybridized carbons (Fsp3) is 0.562. The van der Waals surface area contributed by atoms with Crippen LogP contribution < -0.4 is 10.6 Å². The molecule has 1 aliphatic rings. The van der Waals surface area contributed by atoms with Crippen molar-refractivity contribution >= 4 is 38.8 Å². The summed E-state index contributed by atoms with van der Waals surface area (Å²) in [5, 5.41) is 0. The van der Waals surface area contributed by atoms with Crippen molar-refractivity contribution in [3.63, 3.8) is 0 Å². The van der Waals surface area contributed by atoms with Gasteiger partial charge in [-0.3, -0.25) is 0 Å². The number of nitrogens with two attached hydrogens (primary N) is 1. The zero-order valence-corrected chi connectivity index (χ0v) is 14.6. The maximum atomic E-state index is 5.71. The highest BCUT2D eigenvalue weighted by Gasteiger charge is 2.20. The van der Waals surface area contributed by atoms with E-state index in [0.29, 0.717) is 4.99 Å². The molecule has 1 aliphatic heterocycles. The Kier molecular flexibility index (Phi) is 5.44. The van der Waals surface area contributed by atoms with E-state index in [2.05, 4.69) is 46.8 Å². The molecule has 0 radical (unpaired) electrons. The molecule has 1 heterocycles.